The number of hydrogen-bond donors (Lipinski definition) is 1. The molecular weight excluding hydrogens is 308 g/mol. The highest BCUT2D eigenvalue weighted by Crippen LogP contribution is 2.36. The maximum atomic E-state index is 12.2. The van der Waals surface area contributed by atoms with Crippen LogP contribution in [0.1, 0.15) is 33.1 Å². The molecule has 0 spiro atoms. The molecule has 5 nitrogen and oxygen atoms in total. The normalized spacial score (nSPS) is 23.5. The number of hydrogen-bond acceptors (Lipinski definition) is 4. The smallest absolute Gasteiger partial charge is 0.142 e. The maximum Gasteiger partial charge on any atom is 0.142 e. The van der Waals surface area contributed by atoms with Gasteiger partial charge in [0.25, 0.3) is 0 Å². The molecule has 1 aliphatic rings. The van der Waals surface area contributed by atoms with Crippen LogP contribution in [0, 0.1) is 11.8 Å². The predicted molar refractivity (Wildman–Crippen MR) is 96.1 cm³/mol. The fourth-order valence-electron chi connectivity index (χ4n) is 3.23. The van der Waals surface area contributed by atoms with Gasteiger partial charge >= 0.3 is 0 Å². The molecule has 0 bridgehead atoms. The molecule has 6 heteroatoms. The zero-order valence-corrected chi connectivity index (χ0v) is 15.0. The molecule has 0 aromatic carbocycles. The highest BCUT2D eigenvalue weighted by atomic mass is 32.2. The second-order valence-electron chi connectivity index (χ2n) is 6.83. The minimum atomic E-state index is -0.666. The fourth-order valence-corrected chi connectivity index (χ4v) is 5.04. The van der Waals surface area contributed by atoms with Crippen LogP contribution in [0.15, 0.2) is 18.6 Å². The summed E-state index contributed by atoms with van der Waals surface area (Å²) in [4.78, 5) is 14.1. The van der Waals surface area contributed by atoms with Crippen LogP contribution in [0.4, 0.5) is 5.82 Å². The van der Waals surface area contributed by atoms with E-state index in [-0.39, 0.29) is 0 Å². The van der Waals surface area contributed by atoms with Crippen molar-refractivity contribution in [3.05, 3.63) is 18.6 Å². The number of anilines is 1. The van der Waals surface area contributed by atoms with Crippen LogP contribution in [0.25, 0.3) is 11.0 Å². The molecule has 1 fully saturated rings. The first-order valence-electron chi connectivity index (χ1n) is 8.44. The summed E-state index contributed by atoms with van der Waals surface area (Å²) in [5, 5.41) is 1.07. The van der Waals surface area contributed by atoms with Crippen molar-refractivity contribution in [1.29, 1.82) is 0 Å². The summed E-state index contributed by atoms with van der Waals surface area (Å²) in [5.74, 6) is 3.86. The lowest BCUT2D eigenvalue weighted by Crippen LogP contribution is -2.45. The van der Waals surface area contributed by atoms with E-state index in [0.717, 1.165) is 47.6 Å². The fraction of sp³-hybridized carbons (Fsp3) is 0.647. The quantitative estimate of drug-likeness (QED) is 0.791. The molecule has 126 valence electrons. The average molecular weight is 334 g/mol. The van der Waals surface area contributed by atoms with Gasteiger partial charge in [-0.05, 0) is 25.3 Å². The van der Waals surface area contributed by atoms with E-state index in [0.29, 0.717) is 17.9 Å². The van der Waals surface area contributed by atoms with Crippen molar-refractivity contribution in [3.63, 3.8) is 0 Å². The van der Waals surface area contributed by atoms with E-state index in [1.165, 1.54) is 0 Å². The van der Waals surface area contributed by atoms with E-state index in [4.69, 9.17) is 0 Å². The van der Waals surface area contributed by atoms with Gasteiger partial charge in [-0.1, -0.05) is 25.0 Å². The summed E-state index contributed by atoms with van der Waals surface area (Å²) < 4.78 is 12.2. The van der Waals surface area contributed by atoms with Crippen molar-refractivity contribution in [2.45, 2.75) is 39.2 Å². The standard InChI is InChI=1S/C17H26N4OS/c1-4-12(2)9-23(22)10-13-7-14(8-13)21(3)17-15-5-6-18-16(15)19-11-20-17/h5-6,11-14H,4,7-10H2,1-3H3,(H,18,19,20)/t12-,13-,14+,23?/m1/s1. The van der Waals surface area contributed by atoms with Gasteiger partial charge in [0, 0.05) is 31.1 Å². The minimum absolute atomic E-state index is 0.494. The number of fused-ring (bicyclic) bond motifs is 1. The highest BCUT2D eigenvalue weighted by Gasteiger charge is 2.36. The lowest BCUT2D eigenvalue weighted by molar-refractivity contribution is 0.282. The van der Waals surface area contributed by atoms with Crippen molar-refractivity contribution in [1.82, 2.24) is 15.0 Å². The van der Waals surface area contributed by atoms with Gasteiger partial charge in [-0.3, -0.25) is 0 Å². The van der Waals surface area contributed by atoms with Crippen molar-refractivity contribution >= 4 is 28.0 Å². The summed E-state index contributed by atoms with van der Waals surface area (Å²) in [6.45, 7) is 4.35. The Morgan fingerprint density at radius 1 is 1.43 bits per heavy atom. The van der Waals surface area contributed by atoms with E-state index in [9.17, 15) is 4.55 Å². The van der Waals surface area contributed by atoms with Crippen molar-refractivity contribution < 1.29 is 4.55 Å². The lowest BCUT2D eigenvalue weighted by atomic mass is 9.81. The number of nitrogens with zero attached hydrogens (tertiary/aromatic N) is 3. The van der Waals surface area contributed by atoms with Crippen molar-refractivity contribution in [3.8, 4) is 0 Å². The monoisotopic (exact) mass is 334 g/mol. The third-order valence-corrected chi connectivity index (χ3v) is 6.80. The molecule has 0 saturated heterocycles. The zero-order chi connectivity index (χ0) is 16.4. The molecule has 2 aromatic heterocycles. The number of aromatic amines is 1. The Hall–Kier alpha value is -1.27. The summed E-state index contributed by atoms with van der Waals surface area (Å²) >= 11 is -0.666. The van der Waals surface area contributed by atoms with E-state index in [1.54, 1.807) is 6.33 Å². The highest BCUT2D eigenvalue weighted by molar-refractivity contribution is 7.91. The first kappa shape index (κ1) is 16.6. The summed E-state index contributed by atoms with van der Waals surface area (Å²) in [5.41, 5.74) is 0.882. The Labute approximate surface area is 141 Å². The number of nitrogens with one attached hydrogen (secondary N) is 1. The zero-order valence-electron chi connectivity index (χ0n) is 14.2. The van der Waals surface area contributed by atoms with Gasteiger partial charge < -0.3 is 14.4 Å². The van der Waals surface area contributed by atoms with Gasteiger partial charge in [-0.2, -0.15) is 0 Å². The largest absolute Gasteiger partial charge is 0.616 e. The number of H-pyrrole nitrogens is 1. The van der Waals surface area contributed by atoms with E-state index < -0.39 is 11.2 Å². The third kappa shape index (κ3) is 3.63. The molecule has 0 amide bonds. The van der Waals surface area contributed by atoms with E-state index >= 15 is 0 Å². The van der Waals surface area contributed by atoms with E-state index in [1.807, 2.05) is 12.3 Å². The van der Waals surface area contributed by atoms with Crippen LogP contribution >= 0.6 is 0 Å². The average Bonchev–Trinajstić information content (AvgIpc) is 2.98. The second-order valence-corrected chi connectivity index (χ2v) is 8.37. The Kier molecular flexibility index (Phi) is 5.11. The van der Waals surface area contributed by atoms with Gasteiger partial charge in [0.15, 0.2) is 0 Å². The van der Waals surface area contributed by atoms with Crippen LogP contribution < -0.4 is 4.90 Å². The molecule has 23 heavy (non-hydrogen) atoms. The molecule has 2 atom stereocenters. The van der Waals surface area contributed by atoms with Gasteiger partial charge in [0.2, 0.25) is 0 Å². The van der Waals surface area contributed by atoms with Gasteiger partial charge in [0.1, 0.15) is 29.3 Å². The van der Waals surface area contributed by atoms with Crippen LogP contribution in [0.2, 0.25) is 0 Å². The van der Waals surface area contributed by atoms with Crippen LogP contribution in [-0.4, -0.2) is 44.1 Å². The Morgan fingerprint density at radius 2 is 2.22 bits per heavy atom. The molecule has 1 unspecified atom stereocenters. The first-order chi connectivity index (χ1) is 11.1. The maximum absolute atomic E-state index is 12.2. The molecule has 2 heterocycles. The van der Waals surface area contributed by atoms with Gasteiger partial charge in [0.05, 0.1) is 5.39 Å². The molecule has 3 rings (SSSR count). The SMILES string of the molecule is CC[C@@H](C)C[S+]([O-])C[C@H]1C[C@@H](N(C)c2ncnc3[nH]ccc23)C1. The van der Waals surface area contributed by atoms with Crippen LogP contribution in [0.5, 0.6) is 0 Å². The number of rotatable bonds is 7. The predicted octanol–water partition coefficient (Wildman–Crippen LogP) is 2.97. The van der Waals surface area contributed by atoms with Crippen molar-refractivity contribution in [2.24, 2.45) is 11.8 Å². The Bertz CT molecular complexity index is 640. The first-order valence-corrected chi connectivity index (χ1v) is 9.93. The summed E-state index contributed by atoms with van der Waals surface area (Å²) in [6.07, 6.45) is 6.85. The molecular formula is C17H26N4OS. The van der Waals surface area contributed by atoms with Crippen molar-refractivity contribution in [2.75, 3.05) is 23.5 Å². The molecule has 1 N–H and O–H groups in total. The molecule has 1 aliphatic carbocycles. The molecule has 2 aromatic rings. The number of aromatic nitrogens is 3. The second kappa shape index (κ2) is 7.09. The summed E-state index contributed by atoms with van der Waals surface area (Å²) in [6, 6.07) is 2.52. The van der Waals surface area contributed by atoms with E-state index in [2.05, 4.69) is 40.7 Å². The van der Waals surface area contributed by atoms with Gasteiger partial charge in [-0.25, -0.2) is 9.97 Å². The molecule has 0 radical (unpaired) electrons. The molecule has 1 saturated carbocycles. The third-order valence-electron chi connectivity index (χ3n) is 5.01. The minimum Gasteiger partial charge on any atom is -0.616 e. The Morgan fingerprint density at radius 3 is 2.96 bits per heavy atom. The van der Waals surface area contributed by atoms with Crippen LogP contribution in [-0.2, 0) is 11.2 Å². The van der Waals surface area contributed by atoms with Gasteiger partial charge in [-0.15, -0.1) is 0 Å². The van der Waals surface area contributed by atoms with Crippen LogP contribution in [0.3, 0.4) is 0 Å². The Balaban J connectivity index is 1.54. The molecule has 0 aliphatic heterocycles. The topological polar surface area (TPSA) is 67.9 Å². The summed E-state index contributed by atoms with van der Waals surface area (Å²) in [7, 11) is 2.10. The lowest BCUT2D eigenvalue weighted by Gasteiger charge is -2.41.